The minimum Gasteiger partial charge on any atom is -0.497 e. The maximum Gasteiger partial charge on any atom is 0.334 e. The molecule has 5 heteroatoms. The van der Waals surface area contributed by atoms with E-state index in [4.69, 9.17) is 9.47 Å². The van der Waals surface area contributed by atoms with E-state index >= 15 is 0 Å². The van der Waals surface area contributed by atoms with Crippen LogP contribution in [0.2, 0.25) is 0 Å². The standard InChI is InChI=1S/C21H21NO4/c1-4-26-21(24)14(2)18-19(15-8-6-5-7-9-15)22(20(18)23)16-10-12-17(25-3)13-11-16/h5-13,19H,4H2,1-3H3/b18-14-. The lowest BCUT2D eigenvalue weighted by Crippen LogP contribution is -2.50. The van der Waals surface area contributed by atoms with Crippen molar-refractivity contribution in [3.05, 3.63) is 71.3 Å². The first kappa shape index (κ1) is 17.7. The topological polar surface area (TPSA) is 55.8 Å². The molecular formula is C21H21NO4. The van der Waals surface area contributed by atoms with Gasteiger partial charge in [0.15, 0.2) is 0 Å². The molecule has 0 spiro atoms. The van der Waals surface area contributed by atoms with Crippen molar-refractivity contribution in [2.24, 2.45) is 0 Å². The third kappa shape index (κ3) is 3.08. The normalized spacial score (nSPS) is 18.2. The quantitative estimate of drug-likeness (QED) is 0.469. The zero-order valence-electron chi connectivity index (χ0n) is 15.1. The summed E-state index contributed by atoms with van der Waals surface area (Å²) in [5.74, 6) is 0.0807. The number of nitrogens with zero attached hydrogens (tertiary/aromatic N) is 1. The first-order valence-corrected chi connectivity index (χ1v) is 8.49. The zero-order valence-corrected chi connectivity index (χ0v) is 15.1. The SMILES string of the molecule is CCOC(=O)/C(C)=C1\C(=O)N(c2ccc(OC)cc2)C1c1ccccc1. The number of hydrogen-bond acceptors (Lipinski definition) is 4. The molecule has 26 heavy (non-hydrogen) atoms. The maximum absolute atomic E-state index is 12.9. The number of rotatable bonds is 5. The summed E-state index contributed by atoms with van der Waals surface area (Å²) in [4.78, 5) is 26.7. The van der Waals surface area contributed by atoms with E-state index in [9.17, 15) is 9.59 Å². The van der Waals surface area contributed by atoms with Crippen LogP contribution in [0.15, 0.2) is 65.7 Å². The Balaban J connectivity index is 2.03. The summed E-state index contributed by atoms with van der Waals surface area (Å²) in [6.07, 6.45) is 0. The molecule has 1 amide bonds. The van der Waals surface area contributed by atoms with Gasteiger partial charge < -0.3 is 9.47 Å². The molecule has 134 valence electrons. The average molecular weight is 351 g/mol. The number of anilines is 1. The Kier molecular flexibility index (Phi) is 5.07. The summed E-state index contributed by atoms with van der Waals surface area (Å²) in [5.41, 5.74) is 2.53. The highest BCUT2D eigenvalue weighted by Crippen LogP contribution is 2.44. The molecule has 0 bridgehead atoms. The van der Waals surface area contributed by atoms with Gasteiger partial charge in [0.2, 0.25) is 0 Å². The summed E-state index contributed by atoms with van der Waals surface area (Å²) in [5, 5.41) is 0. The lowest BCUT2D eigenvalue weighted by molar-refractivity contribution is -0.139. The van der Waals surface area contributed by atoms with Gasteiger partial charge in [0.05, 0.1) is 25.3 Å². The predicted octanol–water partition coefficient (Wildman–Crippen LogP) is 3.66. The van der Waals surface area contributed by atoms with Gasteiger partial charge >= 0.3 is 5.97 Å². The molecule has 5 nitrogen and oxygen atoms in total. The van der Waals surface area contributed by atoms with Gasteiger partial charge in [-0.1, -0.05) is 30.3 Å². The predicted molar refractivity (Wildman–Crippen MR) is 99.0 cm³/mol. The van der Waals surface area contributed by atoms with Crippen molar-refractivity contribution < 1.29 is 19.1 Å². The van der Waals surface area contributed by atoms with Crippen molar-refractivity contribution in [3.8, 4) is 5.75 Å². The molecule has 1 atom stereocenters. The Labute approximate surface area is 152 Å². The molecule has 2 aromatic carbocycles. The Morgan fingerprint density at radius 1 is 1.08 bits per heavy atom. The Hall–Kier alpha value is -3.08. The number of carbonyl (C=O) groups excluding carboxylic acids is 2. The first-order valence-electron chi connectivity index (χ1n) is 8.49. The lowest BCUT2D eigenvalue weighted by Gasteiger charge is -2.43. The highest BCUT2D eigenvalue weighted by atomic mass is 16.5. The molecule has 1 unspecified atom stereocenters. The molecule has 2 aromatic rings. The second-order valence-electron chi connectivity index (χ2n) is 5.95. The number of amides is 1. The van der Waals surface area contributed by atoms with Crippen molar-refractivity contribution in [2.75, 3.05) is 18.6 Å². The monoisotopic (exact) mass is 351 g/mol. The van der Waals surface area contributed by atoms with Gasteiger partial charge in [0, 0.05) is 11.3 Å². The number of hydrogen-bond donors (Lipinski definition) is 0. The fourth-order valence-electron chi connectivity index (χ4n) is 3.10. The van der Waals surface area contributed by atoms with Gasteiger partial charge in [0.25, 0.3) is 5.91 Å². The smallest absolute Gasteiger partial charge is 0.334 e. The van der Waals surface area contributed by atoms with Crippen LogP contribution in [0.4, 0.5) is 5.69 Å². The van der Waals surface area contributed by atoms with E-state index < -0.39 is 5.97 Å². The Bertz CT molecular complexity index is 840. The number of methoxy groups -OCH3 is 1. The van der Waals surface area contributed by atoms with Crippen molar-refractivity contribution in [1.82, 2.24) is 0 Å². The van der Waals surface area contributed by atoms with Crippen LogP contribution in [0.5, 0.6) is 5.75 Å². The van der Waals surface area contributed by atoms with Gasteiger partial charge in [-0.25, -0.2) is 4.79 Å². The minimum absolute atomic E-state index is 0.186. The Morgan fingerprint density at radius 3 is 2.31 bits per heavy atom. The molecule has 3 rings (SSSR count). The maximum atomic E-state index is 12.9. The summed E-state index contributed by atoms with van der Waals surface area (Å²) in [7, 11) is 1.60. The van der Waals surface area contributed by atoms with Crippen LogP contribution in [0.1, 0.15) is 25.5 Å². The summed E-state index contributed by atoms with van der Waals surface area (Å²) in [6.45, 7) is 3.67. The number of ether oxygens (including phenoxy) is 2. The molecule has 0 aliphatic carbocycles. The van der Waals surface area contributed by atoms with Crippen LogP contribution in [-0.2, 0) is 14.3 Å². The largest absolute Gasteiger partial charge is 0.497 e. The van der Waals surface area contributed by atoms with E-state index in [1.165, 1.54) is 0 Å². The number of esters is 1. The van der Waals surface area contributed by atoms with E-state index in [0.29, 0.717) is 11.1 Å². The van der Waals surface area contributed by atoms with Crippen LogP contribution < -0.4 is 9.64 Å². The fraction of sp³-hybridized carbons (Fsp3) is 0.238. The highest BCUT2D eigenvalue weighted by molar-refractivity contribution is 6.18. The molecule has 1 aliphatic heterocycles. The van der Waals surface area contributed by atoms with E-state index in [2.05, 4.69) is 0 Å². The molecule has 0 radical (unpaired) electrons. The van der Waals surface area contributed by atoms with Crippen molar-refractivity contribution in [3.63, 3.8) is 0 Å². The zero-order chi connectivity index (χ0) is 18.7. The summed E-state index contributed by atoms with van der Waals surface area (Å²) >= 11 is 0. The second kappa shape index (κ2) is 7.44. The highest BCUT2D eigenvalue weighted by Gasteiger charge is 2.46. The minimum atomic E-state index is -0.453. The van der Waals surface area contributed by atoms with Crippen LogP contribution in [0.25, 0.3) is 0 Å². The van der Waals surface area contributed by atoms with Gasteiger partial charge in [-0.15, -0.1) is 0 Å². The Morgan fingerprint density at radius 2 is 1.73 bits per heavy atom. The molecule has 1 aliphatic rings. The van der Waals surface area contributed by atoms with E-state index in [1.807, 2.05) is 54.6 Å². The molecule has 0 aromatic heterocycles. The van der Waals surface area contributed by atoms with Crippen LogP contribution in [-0.4, -0.2) is 25.6 Å². The lowest BCUT2D eigenvalue weighted by atomic mass is 9.84. The third-order valence-corrected chi connectivity index (χ3v) is 4.43. The van der Waals surface area contributed by atoms with Crippen molar-refractivity contribution >= 4 is 17.6 Å². The second-order valence-corrected chi connectivity index (χ2v) is 5.95. The summed E-state index contributed by atoms with van der Waals surface area (Å²) < 4.78 is 10.3. The third-order valence-electron chi connectivity index (χ3n) is 4.43. The molecule has 0 saturated carbocycles. The number of carbonyl (C=O) groups is 2. The van der Waals surface area contributed by atoms with Crippen LogP contribution in [0.3, 0.4) is 0 Å². The van der Waals surface area contributed by atoms with Gasteiger partial charge in [-0.3, -0.25) is 9.69 Å². The van der Waals surface area contributed by atoms with Gasteiger partial charge in [-0.2, -0.15) is 0 Å². The molecule has 1 fully saturated rings. The molecule has 0 N–H and O–H groups in total. The van der Waals surface area contributed by atoms with E-state index in [1.54, 1.807) is 25.9 Å². The van der Waals surface area contributed by atoms with Crippen LogP contribution in [0, 0.1) is 0 Å². The van der Waals surface area contributed by atoms with Crippen molar-refractivity contribution in [1.29, 1.82) is 0 Å². The molecule has 1 heterocycles. The van der Waals surface area contributed by atoms with Crippen molar-refractivity contribution in [2.45, 2.75) is 19.9 Å². The molecular weight excluding hydrogens is 330 g/mol. The fourth-order valence-corrected chi connectivity index (χ4v) is 3.10. The van der Waals surface area contributed by atoms with Crippen LogP contribution >= 0.6 is 0 Å². The molecule has 1 saturated heterocycles. The number of β-lactam (4-membered cyclic amide) rings is 1. The van der Waals surface area contributed by atoms with E-state index in [-0.39, 0.29) is 18.6 Å². The van der Waals surface area contributed by atoms with Gasteiger partial charge in [0.1, 0.15) is 5.75 Å². The first-order chi connectivity index (χ1) is 12.6. The van der Waals surface area contributed by atoms with E-state index in [0.717, 1.165) is 17.0 Å². The van der Waals surface area contributed by atoms with Gasteiger partial charge in [-0.05, 0) is 43.7 Å². The average Bonchev–Trinajstić information content (AvgIpc) is 2.67. The summed E-state index contributed by atoms with van der Waals surface area (Å²) in [6, 6.07) is 16.6. The number of benzene rings is 2.